The van der Waals surface area contributed by atoms with Gasteiger partial charge in [-0.2, -0.15) is 0 Å². The van der Waals surface area contributed by atoms with Crippen LogP contribution >= 0.6 is 11.9 Å². The third-order valence-corrected chi connectivity index (χ3v) is 4.95. The molecule has 1 saturated carbocycles. The monoisotopic (exact) mass is 284 g/mol. The molecule has 1 rings (SSSR count). The van der Waals surface area contributed by atoms with Gasteiger partial charge in [0.2, 0.25) is 0 Å². The lowest BCUT2D eigenvalue weighted by molar-refractivity contribution is 0.506. The maximum atomic E-state index is 4.84. The molecule has 19 heavy (non-hydrogen) atoms. The summed E-state index contributed by atoms with van der Waals surface area (Å²) in [6.45, 7) is 8.89. The van der Waals surface area contributed by atoms with Crippen molar-refractivity contribution in [1.29, 1.82) is 0 Å². The summed E-state index contributed by atoms with van der Waals surface area (Å²) in [6, 6.07) is 0. The number of amidine groups is 1. The lowest BCUT2D eigenvalue weighted by Crippen LogP contribution is -2.29. The molecule has 0 aromatic rings. The van der Waals surface area contributed by atoms with Crippen molar-refractivity contribution >= 4 is 17.8 Å². The largest absolute Gasteiger partial charge is 0.304 e. The fraction of sp³-hybridized carbons (Fsp3) is 0.938. The molecule has 0 heterocycles. The van der Waals surface area contributed by atoms with Gasteiger partial charge in [-0.3, -0.25) is 4.99 Å². The summed E-state index contributed by atoms with van der Waals surface area (Å²) in [5.41, 5.74) is 0. The van der Waals surface area contributed by atoms with E-state index in [-0.39, 0.29) is 0 Å². The molecule has 0 N–H and O–H groups in total. The number of hydrogen-bond acceptors (Lipinski definition) is 2. The molecule has 0 radical (unpaired) electrons. The van der Waals surface area contributed by atoms with E-state index in [4.69, 9.17) is 4.99 Å². The lowest BCUT2D eigenvalue weighted by Gasteiger charge is -2.30. The van der Waals surface area contributed by atoms with E-state index < -0.39 is 0 Å². The molecule has 0 amide bonds. The third kappa shape index (κ3) is 6.69. The Balaban J connectivity index is 2.59. The zero-order chi connectivity index (χ0) is 13.9. The van der Waals surface area contributed by atoms with E-state index in [1.54, 1.807) is 0 Å². The van der Waals surface area contributed by atoms with Crippen LogP contribution in [0.25, 0.3) is 0 Å². The van der Waals surface area contributed by atoms with Crippen molar-refractivity contribution in [2.45, 2.75) is 83.8 Å². The predicted molar refractivity (Wildman–Crippen MR) is 89.0 cm³/mol. The van der Waals surface area contributed by atoms with Gasteiger partial charge in [-0.15, -0.1) is 0 Å². The van der Waals surface area contributed by atoms with Crippen LogP contribution in [0.15, 0.2) is 4.99 Å². The predicted octanol–water partition coefficient (Wildman–Crippen LogP) is 5.29. The highest BCUT2D eigenvalue weighted by Gasteiger charge is 2.19. The molecular formula is C16H32N2S. The Morgan fingerprint density at radius 3 is 2.37 bits per heavy atom. The third-order valence-electron chi connectivity index (χ3n) is 3.53. The smallest absolute Gasteiger partial charge is 0.109 e. The van der Waals surface area contributed by atoms with Crippen LogP contribution < -0.4 is 0 Å². The summed E-state index contributed by atoms with van der Waals surface area (Å²) in [5, 5.41) is 0.837. The normalized spacial score (nSPS) is 17.7. The van der Waals surface area contributed by atoms with Crippen LogP contribution in [-0.2, 0) is 0 Å². The van der Waals surface area contributed by atoms with Crippen LogP contribution in [0, 0.1) is 0 Å². The first-order valence-electron chi connectivity index (χ1n) is 8.29. The molecule has 1 aliphatic rings. The van der Waals surface area contributed by atoms with Gasteiger partial charge in [-0.25, -0.2) is 0 Å². The van der Waals surface area contributed by atoms with E-state index in [0.29, 0.717) is 0 Å². The van der Waals surface area contributed by atoms with Crippen LogP contribution in [0.4, 0.5) is 0 Å². The van der Waals surface area contributed by atoms with E-state index in [1.807, 2.05) is 0 Å². The summed E-state index contributed by atoms with van der Waals surface area (Å²) >= 11 is 2.09. The fourth-order valence-electron chi connectivity index (χ4n) is 2.54. The van der Waals surface area contributed by atoms with Crippen molar-refractivity contribution in [3.63, 3.8) is 0 Å². The molecule has 0 unspecified atom stereocenters. The lowest BCUT2D eigenvalue weighted by atomic mass is 10.0. The van der Waals surface area contributed by atoms with E-state index in [2.05, 4.69) is 37.0 Å². The van der Waals surface area contributed by atoms with E-state index in [9.17, 15) is 0 Å². The van der Waals surface area contributed by atoms with Gasteiger partial charge in [0.15, 0.2) is 0 Å². The number of hydrogen-bond donors (Lipinski definition) is 0. The summed E-state index contributed by atoms with van der Waals surface area (Å²) in [7, 11) is 0. The Bertz CT molecular complexity index is 247. The maximum Gasteiger partial charge on any atom is 0.109 e. The second-order valence-corrected chi connectivity index (χ2v) is 6.83. The Kier molecular flexibility index (Phi) is 9.40. The Morgan fingerprint density at radius 1 is 1.05 bits per heavy atom. The maximum absolute atomic E-state index is 4.84. The topological polar surface area (TPSA) is 15.6 Å². The second kappa shape index (κ2) is 10.6. The molecule has 0 aliphatic heterocycles. The number of rotatable bonds is 8. The quantitative estimate of drug-likeness (QED) is 0.342. The minimum atomic E-state index is 0.837. The molecule has 1 fully saturated rings. The van der Waals surface area contributed by atoms with Crippen molar-refractivity contribution in [2.75, 3.05) is 13.1 Å². The van der Waals surface area contributed by atoms with Crippen molar-refractivity contribution < 1.29 is 0 Å². The van der Waals surface area contributed by atoms with Gasteiger partial charge in [0.05, 0.1) is 0 Å². The highest BCUT2D eigenvalue weighted by Crippen LogP contribution is 2.31. The molecule has 112 valence electrons. The van der Waals surface area contributed by atoms with Crippen LogP contribution in [0.1, 0.15) is 78.6 Å². The van der Waals surface area contributed by atoms with Crippen LogP contribution in [0.3, 0.4) is 0 Å². The summed E-state index contributed by atoms with van der Waals surface area (Å²) in [5.74, 6) is 1.35. The van der Waals surface area contributed by atoms with Crippen molar-refractivity contribution in [3.05, 3.63) is 0 Å². The first-order chi connectivity index (χ1) is 9.31. The van der Waals surface area contributed by atoms with Crippen molar-refractivity contribution in [1.82, 2.24) is 4.31 Å². The molecule has 0 atom stereocenters. The van der Waals surface area contributed by atoms with E-state index in [0.717, 1.165) is 31.2 Å². The highest BCUT2D eigenvalue weighted by atomic mass is 32.2. The Morgan fingerprint density at radius 2 is 1.79 bits per heavy atom. The standard InChI is InChI=1S/C16H32N2S/c1-4-10-16(17-13-5-2)18(14-6-3)19-15-11-8-7-9-12-15/h15H,4-14H2,1-3H3/b17-16-. The molecule has 0 saturated heterocycles. The Labute approximate surface area is 124 Å². The summed E-state index contributed by atoms with van der Waals surface area (Å²) in [4.78, 5) is 4.84. The zero-order valence-corrected chi connectivity index (χ0v) is 14.0. The second-order valence-electron chi connectivity index (χ2n) is 5.52. The average Bonchev–Trinajstić information content (AvgIpc) is 2.44. The highest BCUT2D eigenvalue weighted by molar-refractivity contribution is 7.98. The van der Waals surface area contributed by atoms with Gasteiger partial charge in [0.1, 0.15) is 5.84 Å². The molecule has 2 nitrogen and oxygen atoms in total. The molecule has 3 heteroatoms. The first kappa shape index (κ1) is 16.9. The molecule has 0 aromatic carbocycles. The minimum Gasteiger partial charge on any atom is -0.304 e. The molecular weight excluding hydrogens is 252 g/mol. The van der Waals surface area contributed by atoms with Gasteiger partial charge in [0.25, 0.3) is 0 Å². The van der Waals surface area contributed by atoms with Gasteiger partial charge in [0, 0.05) is 24.8 Å². The van der Waals surface area contributed by atoms with Gasteiger partial charge in [-0.1, -0.05) is 40.0 Å². The summed E-state index contributed by atoms with van der Waals surface area (Å²) in [6.07, 6.45) is 11.8. The zero-order valence-electron chi connectivity index (χ0n) is 13.2. The van der Waals surface area contributed by atoms with Crippen molar-refractivity contribution in [2.24, 2.45) is 4.99 Å². The SMILES string of the molecule is CCC/N=C(/CCC)N(CCC)SC1CCCCC1. The van der Waals surface area contributed by atoms with Crippen molar-refractivity contribution in [3.8, 4) is 0 Å². The Hall–Kier alpha value is -0.180. The molecule has 1 aliphatic carbocycles. The molecule has 0 spiro atoms. The van der Waals surface area contributed by atoms with Crippen LogP contribution in [0.2, 0.25) is 0 Å². The van der Waals surface area contributed by atoms with Crippen LogP contribution in [-0.4, -0.2) is 28.5 Å². The number of nitrogens with zero attached hydrogens (tertiary/aromatic N) is 2. The summed E-state index contributed by atoms with van der Waals surface area (Å²) < 4.78 is 2.52. The number of aliphatic imine (C=N–C) groups is 1. The van der Waals surface area contributed by atoms with Gasteiger partial charge in [-0.05, 0) is 44.1 Å². The van der Waals surface area contributed by atoms with E-state index in [1.165, 1.54) is 50.8 Å². The molecule has 0 bridgehead atoms. The fourth-order valence-corrected chi connectivity index (χ4v) is 4.01. The van der Waals surface area contributed by atoms with Gasteiger partial charge < -0.3 is 4.31 Å². The first-order valence-corrected chi connectivity index (χ1v) is 9.13. The van der Waals surface area contributed by atoms with E-state index >= 15 is 0 Å². The van der Waals surface area contributed by atoms with Crippen LogP contribution in [0.5, 0.6) is 0 Å². The average molecular weight is 285 g/mol. The molecule has 0 aromatic heterocycles. The minimum absolute atomic E-state index is 0.837. The van der Waals surface area contributed by atoms with Gasteiger partial charge >= 0.3 is 0 Å².